The van der Waals surface area contributed by atoms with Crippen LogP contribution in [0.2, 0.25) is 0 Å². The summed E-state index contributed by atoms with van der Waals surface area (Å²) in [6.07, 6.45) is -1.22. The van der Waals surface area contributed by atoms with Crippen LogP contribution in [0.25, 0.3) is 11.3 Å². The molecule has 0 saturated carbocycles. The quantitative estimate of drug-likeness (QED) is 0.556. The Morgan fingerprint density at radius 1 is 1.10 bits per heavy atom. The van der Waals surface area contributed by atoms with E-state index >= 15 is 0 Å². The van der Waals surface area contributed by atoms with Gasteiger partial charge in [0.2, 0.25) is 0 Å². The maximum absolute atomic E-state index is 12.8. The summed E-state index contributed by atoms with van der Waals surface area (Å²) in [6.45, 7) is 1.01. The Morgan fingerprint density at radius 3 is 2.57 bits per heavy atom. The number of nitrogens with zero attached hydrogens (tertiary/aromatic N) is 2. The second kappa shape index (κ2) is 8.39. The second-order valence-electron chi connectivity index (χ2n) is 6.99. The van der Waals surface area contributed by atoms with Crippen LogP contribution in [0, 0.1) is 0 Å². The summed E-state index contributed by atoms with van der Waals surface area (Å²) >= 11 is 0. The molecule has 1 aromatic heterocycles. The summed E-state index contributed by atoms with van der Waals surface area (Å²) in [5.41, 5.74) is 1.72. The summed E-state index contributed by atoms with van der Waals surface area (Å²) in [6, 6.07) is 12.5. The topological polar surface area (TPSA) is 45.5 Å². The van der Waals surface area contributed by atoms with E-state index in [4.69, 9.17) is 14.2 Å². The molecule has 0 amide bonds. The molecule has 0 bridgehead atoms. The monoisotopic (exact) mass is 418 g/mol. The van der Waals surface area contributed by atoms with Gasteiger partial charge in [0.05, 0.1) is 31.5 Å². The molecule has 1 aliphatic heterocycles. The molecule has 5 nitrogen and oxygen atoms in total. The number of rotatable bonds is 6. The highest BCUT2D eigenvalue weighted by Gasteiger charge is 2.30. The SMILES string of the molecule is COc1ccc(-c2ccnn2Cc2ccc(C(F)(F)F)cc2)cc1OC1CCCO1. The molecule has 0 aliphatic carbocycles. The highest BCUT2D eigenvalue weighted by Crippen LogP contribution is 2.35. The average molecular weight is 418 g/mol. The third kappa shape index (κ3) is 4.43. The summed E-state index contributed by atoms with van der Waals surface area (Å²) in [5.74, 6) is 1.17. The van der Waals surface area contributed by atoms with Gasteiger partial charge in [0.25, 0.3) is 0 Å². The molecule has 1 saturated heterocycles. The molecule has 2 heterocycles. The number of hydrogen-bond donors (Lipinski definition) is 0. The number of benzene rings is 2. The molecule has 3 aromatic rings. The molecule has 8 heteroatoms. The molecule has 30 heavy (non-hydrogen) atoms. The fraction of sp³-hybridized carbons (Fsp3) is 0.318. The molecular formula is C22H21F3N2O3. The van der Waals surface area contributed by atoms with Crippen LogP contribution >= 0.6 is 0 Å². The fourth-order valence-corrected chi connectivity index (χ4v) is 3.39. The third-order valence-corrected chi connectivity index (χ3v) is 4.94. The minimum atomic E-state index is -4.35. The lowest BCUT2D eigenvalue weighted by atomic mass is 10.1. The van der Waals surface area contributed by atoms with E-state index in [1.54, 1.807) is 18.0 Å². The van der Waals surface area contributed by atoms with Crippen LogP contribution in [0.3, 0.4) is 0 Å². The lowest BCUT2D eigenvalue weighted by molar-refractivity contribution is -0.137. The van der Waals surface area contributed by atoms with Crippen molar-refractivity contribution in [3.05, 3.63) is 65.9 Å². The van der Waals surface area contributed by atoms with Crippen LogP contribution in [-0.4, -0.2) is 29.8 Å². The van der Waals surface area contributed by atoms with E-state index in [0.29, 0.717) is 24.7 Å². The molecule has 1 atom stereocenters. The highest BCUT2D eigenvalue weighted by molar-refractivity contribution is 5.64. The molecule has 2 aromatic carbocycles. The maximum atomic E-state index is 12.8. The molecule has 1 fully saturated rings. The number of hydrogen-bond acceptors (Lipinski definition) is 4. The summed E-state index contributed by atoms with van der Waals surface area (Å²) < 4.78 is 57.0. The van der Waals surface area contributed by atoms with Gasteiger partial charge in [-0.1, -0.05) is 12.1 Å². The van der Waals surface area contributed by atoms with Gasteiger partial charge in [-0.05, 0) is 48.4 Å². The molecular weight excluding hydrogens is 397 g/mol. The van der Waals surface area contributed by atoms with E-state index in [-0.39, 0.29) is 6.29 Å². The Bertz CT molecular complexity index is 994. The van der Waals surface area contributed by atoms with Crippen molar-refractivity contribution in [1.29, 1.82) is 0 Å². The number of halogens is 3. The van der Waals surface area contributed by atoms with E-state index in [9.17, 15) is 13.2 Å². The van der Waals surface area contributed by atoms with Gasteiger partial charge in [0, 0.05) is 18.2 Å². The summed E-state index contributed by atoms with van der Waals surface area (Å²) in [4.78, 5) is 0. The molecule has 0 N–H and O–H groups in total. The average Bonchev–Trinajstić information content (AvgIpc) is 3.40. The van der Waals surface area contributed by atoms with Crippen LogP contribution < -0.4 is 9.47 Å². The number of methoxy groups -OCH3 is 1. The van der Waals surface area contributed by atoms with Gasteiger partial charge in [-0.25, -0.2) is 0 Å². The van der Waals surface area contributed by atoms with Crippen molar-refractivity contribution in [2.75, 3.05) is 13.7 Å². The van der Waals surface area contributed by atoms with Crippen LogP contribution in [0.4, 0.5) is 13.2 Å². The minimum Gasteiger partial charge on any atom is -0.493 e. The first-order chi connectivity index (χ1) is 14.4. The zero-order valence-electron chi connectivity index (χ0n) is 16.4. The molecule has 158 valence electrons. The van der Waals surface area contributed by atoms with Crippen molar-refractivity contribution in [2.24, 2.45) is 0 Å². The zero-order chi connectivity index (χ0) is 21.1. The minimum absolute atomic E-state index is 0.300. The first-order valence-corrected chi connectivity index (χ1v) is 9.58. The lowest BCUT2D eigenvalue weighted by Crippen LogP contribution is -2.14. The van der Waals surface area contributed by atoms with Gasteiger partial charge in [-0.3, -0.25) is 4.68 Å². The van der Waals surface area contributed by atoms with E-state index in [2.05, 4.69) is 5.10 Å². The van der Waals surface area contributed by atoms with Gasteiger partial charge < -0.3 is 14.2 Å². The first kappa shape index (κ1) is 20.3. The molecule has 0 spiro atoms. The van der Waals surface area contributed by atoms with E-state index in [0.717, 1.165) is 41.8 Å². The van der Waals surface area contributed by atoms with E-state index in [1.165, 1.54) is 12.1 Å². The molecule has 0 radical (unpaired) electrons. The van der Waals surface area contributed by atoms with Crippen LogP contribution in [-0.2, 0) is 17.5 Å². The number of aromatic nitrogens is 2. The summed E-state index contributed by atoms with van der Waals surface area (Å²) in [5, 5.41) is 4.33. The normalized spacial score (nSPS) is 16.6. The van der Waals surface area contributed by atoms with Gasteiger partial charge in [0.1, 0.15) is 0 Å². The maximum Gasteiger partial charge on any atom is 0.416 e. The highest BCUT2D eigenvalue weighted by atomic mass is 19.4. The van der Waals surface area contributed by atoms with Crippen LogP contribution in [0.1, 0.15) is 24.0 Å². The Hall–Kier alpha value is -3.00. The van der Waals surface area contributed by atoms with Gasteiger partial charge >= 0.3 is 6.18 Å². The third-order valence-electron chi connectivity index (χ3n) is 4.94. The van der Waals surface area contributed by atoms with Crippen molar-refractivity contribution in [1.82, 2.24) is 9.78 Å². The van der Waals surface area contributed by atoms with Crippen LogP contribution in [0.5, 0.6) is 11.5 Å². The summed E-state index contributed by atoms with van der Waals surface area (Å²) in [7, 11) is 1.58. The largest absolute Gasteiger partial charge is 0.493 e. The van der Waals surface area contributed by atoms with Crippen LogP contribution in [0.15, 0.2) is 54.7 Å². The molecule has 1 aliphatic rings. The van der Waals surface area contributed by atoms with Crippen molar-refractivity contribution in [2.45, 2.75) is 31.9 Å². The second-order valence-corrected chi connectivity index (χ2v) is 6.99. The Labute approximate surface area is 172 Å². The predicted octanol–water partition coefficient (Wildman–Crippen LogP) is 5.14. The number of ether oxygens (including phenoxy) is 3. The van der Waals surface area contributed by atoms with Gasteiger partial charge in [-0.15, -0.1) is 0 Å². The van der Waals surface area contributed by atoms with E-state index in [1.807, 2.05) is 24.3 Å². The van der Waals surface area contributed by atoms with Gasteiger partial charge in [0.15, 0.2) is 17.8 Å². The van der Waals surface area contributed by atoms with Crippen molar-refractivity contribution in [3.8, 4) is 22.8 Å². The standard InChI is InChI=1S/C22H21F3N2O3/c1-28-19-9-6-16(13-20(19)30-21-3-2-12-29-21)18-10-11-26-27(18)14-15-4-7-17(8-5-15)22(23,24)25/h4-11,13,21H,2-3,12,14H2,1H3. The zero-order valence-corrected chi connectivity index (χ0v) is 16.4. The van der Waals surface area contributed by atoms with Gasteiger partial charge in [-0.2, -0.15) is 18.3 Å². The smallest absolute Gasteiger partial charge is 0.416 e. The molecule has 1 unspecified atom stereocenters. The predicted molar refractivity (Wildman–Crippen MR) is 104 cm³/mol. The van der Waals surface area contributed by atoms with Crippen molar-refractivity contribution < 1.29 is 27.4 Å². The number of alkyl halides is 3. The van der Waals surface area contributed by atoms with Crippen molar-refractivity contribution in [3.63, 3.8) is 0 Å². The first-order valence-electron chi connectivity index (χ1n) is 9.58. The fourth-order valence-electron chi connectivity index (χ4n) is 3.39. The Balaban J connectivity index is 1.58. The molecule has 4 rings (SSSR count). The van der Waals surface area contributed by atoms with E-state index < -0.39 is 11.7 Å². The lowest BCUT2D eigenvalue weighted by Gasteiger charge is -2.17. The van der Waals surface area contributed by atoms with Crippen molar-refractivity contribution >= 4 is 0 Å². The Kier molecular flexibility index (Phi) is 5.67. The Morgan fingerprint density at radius 2 is 1.90 bits per heavy atom.